The molecule has 0 aliphatic heterocycles. The normalized spacial score (nSPS) is 11.6. The van der Waals surface area contributed by atoms with Gasteiger partial charge in [0.15, 0.2) is 0 Å². The van der Waals surface area contributed by atoms with Gasteiger partial charge in [0.05, 0.1) is 6.61 Å². The minimum atomic E-state index is -0.250. The maximum absolute atomic E-state index is 12.4. The summed E-state index contributed by atoms with van der Waals surface area (Å²) in [6.07, 6.45) is 48.3. The van der Waals surface area contributed by atoms with E-state index in [2.05, 4.69) is 53.6 Å². The van der Waals surface area contributed by atoms with E-state index < -0.39 is 0 Å². The minimum absolute atomic E-state index is 0.0211. The Morgan fingerprint density at radius 3 is 1.14 bits per heavy atom. The molecule has 59 heavy (non-hydrogen) atoms. The molecule has 0 amide bonds. The molecule has 0 bridgehead atoms. The van der Waals surface area contributed by atoms with Gasteiger partial charge < -0.3 is 19.5 Å². The van der Waals surface area contributed by atoms with Gasteiger partial charge >= 0.3 is 5.97 Å². The predicted molar refractivity (Wildman–Crippen MR) is 255 cm³/mol. The van der Waals surface area contributed by atoms with Gasteiger partial charge in [-0.1, -0.05) is 227 Å². The number of carboxylic acid groups (broad SMARTS) is 1. The van der Waals surface area contributed by atoms with E-state index in [-0.39, 0.29) is 18.5 Å². The summed E-state index contributed by atoms with van der Waals surface area (Å²) in [5, 5.41) is 6.89. The second-order valence-electron chi connectivity index (χ2n) is 17.9. The first-order chi connectivity index (χ1) is 28.8. The molecule has 1 atom stereocenters. The molecule has 7 heteroatoms. The van der Waals surface area contributed by atoms with Crippen LogP contribution in [0.15, 0.2) is 0 Å². The summed E-state index contributed by atoms with van der Waals surface area (Å²) in [5.74, 6) is 1.78. The Kier molecular flexibility index (Phi) is 56.8. The average Bonchev–Trinajstić information content (AvgIpc) is 3.21. The van der Waals surface area contributed by atoms with E-state index in [0.717, 1.165) is 44.1 Å². The van der Waals surface area contributed by atoms with E-state index >= 15 is 0 Å². The van der Waals surface area contributed by atoms with Crippen LogP contribution in [0.2, 0.25) is 0 Å². The molecule has 7 nitrogen and oxygen atoms in total. The number of carbonyl (C=O) groups excluding carboxylic acids is 2. The number of esters is 1. The lowest BCUT2D eigenvalue weighted by Crippen LogP contribution is -2.20. The van der Waals surface area contributed by atoms with Crippen LogP contribution in [-0.2, 0) is 23.9 Å². The van der Waals surface area contributed by atoms with Gasteiger partial charge in [-0.25, -0.2) is 0 Å². The van der Waals surface area contributed by atoms with E-state index in [1.807, 2.05) is 0 Å². The van der Waals surface area contributed by atoms with Crippen molar-refractivity contribution < 1.29 is 29.0 Å². The number of nitrogens with zero attached hydrogens (tertiary/aromatic N) is 1. The highest BCUT2D eigenvalue weighted by Gasteiger charge is 2.15. The Morgan fingerprint density at radius 1 is 0.475 bits per heavy atom. The van der Waals surface area contributed by atoms with Crippen molar-refractivity contribution >= 4 is 18.9 Å². The van der Waals surface area contributed by atoms with E-state index in [4.69, 9.17) is 19.4 Å². The van der Waals surface area contributed by atoms with Crippen LogP contribution in [0.3, 0.4) is 0 Å². The fraction of sp³-hybridized carbons (Fsp3) is 0.942. The molecular formula is C52H105NO6. The molecule has 0 aliphatic rings. The van der Waals surface area contributed by atoms with Crippen molar-refractivity contribution in [2.75, 3.05) is 27.2 Å². The number of hydrogen-bond donors (Lipinski definition) is 1. The lowest BCUT2D eigenvalue weighted by atomic mass is 9.90. The molecule has 0 rings (SSSR count). The van der Waals surface area contributed by atoms with Crippen LogP contribution in [0.25, 0.3) is 0 Å². The first-order valence-electron chi connectivity index (χ1n) is 25.8. The van der Waals surface area contributed by atoms with Crippen LogP contribution in [0, 0.1) is 11.8 Å². The average molecular weight is 840 g/mol. The van der Waals surface area contributed by atoms with Crippen LogP contribution < -0.4 is 0 Å². The summed E-state index contributed by atoms with van der Waals surface area (Å²) in [4.78, 5) is 33.0. The highest BCUT2D eigenvalue weighted by Crippen LogP contribution is 2.25. The molecule has 0 heterocycles. The van der Waals surface area contributed by atoms with Crippen LogP contribution in [0.5, 0.6) is 0 Å². The first-order valence-corrected chi connectivity index (χ1v) is 25.8. The predicted octanol–water partition coefficient (Wildman–Crippen LogP) is 16.1. The minimum Gasteiger partial charge on any atom is -0.483 e. The molecule has 0 fully saturated rings. The summed E-state index contributed by atoms with van der Waals surface area (Å²) < 4.78 is 10.8. The van der Waals surface area contributed by atoms with Gasteiger partial charge in [0, 0.05) is 6.42 Å². The molecule has 0 aromatic rings. The lowest BCUT2D eigenvalue weighted by molar-refractivity contribution is -0.150. The quantitative estimate of drug-likeness (QED) is 0.0371. The number of unbranched alkanes of at least 4 members (excludes halogenated alkanes) is 21. The maximum atomic E-state index is 12.4. The van der Waals surface area contributed by atoms with E-state index in [0.29, 0.717) is 19.5 Å². The molecule has 1 N–H and O–H groups in total. The molecule has 0 radical (unpaired) electrons. The van der Waals surface area contributed by atoms with Crippen molar-refractivity contribution in [3.05, 3.63) is 0 Å². The number of hydrogen-bond acceptors (Lipinski definition) is 6. The zero-order chi connectivity index (χ0) is 44.3. The largest absolute Gasteiger partial charge is 0.483 e. The molecule has 0 aromatic heterocycles. The standard InChI is InChI=1S/C37H75NO2.C14H28O2.CH2O2/c1-6-9-12-13-16-20-25-31-36(40-37(39)33-27-34-38(4)5)32-26-21-18-15-14-17-19-24-30-35(28-22-10-7-2)29-23-11-8-3;1-3-5-7-9-14(10-8-6-4-2)11-12-16-13-15;2-1-3/h35-36H,6-34H2,1-5H3;13-14H,3-12H2,1-2H3;1H,(H,2,3). The summed E-state index contributed by atoms with van der Waals surface area (Å²) in [6, 6.07) is 0. The van der Waals surface area contributed by atoms with Gasteiger partial charge in [0.25, 0.3) is 12.9 Å². The molecule has 0 aromatic carbocycles. The topological polar surface area (TPSA) is 93.1 Å². The number of carbonyl (C=O) groups is 3. The Balaban J connectivity index is -0.00000136. The second-order valence-corrected chi connectivity index (χ2v) is 17.9. The van der Waals surface area contributed by atoms with Crippen molar-refractivity contribution in [2.24, 2.45) is 11.8 Å². The third-order valence-electron chi connectivity index (χ3n) is 11.9. The van der Waals surface area contributed by atoms with Crippen molar-refractivity contribution in [1.29, 1.82) is 0 Å². The summed E-state index contributed by atoms with van der Waals surface area (Å²) in [6.45, 7) is 13.3. The second kappa shape index (κ2) is 54.4. The van der Waals surface area contributed by atoms with Crippen LogP contribution in [0.4, 0.5) is 0 Å². The highest BCUT2D eigenvalue weighted by molar-refractivity contribution is 5.69. The summed E-state index contributed by atoms with van der Waals surface area (Å²) in [5.41, 5.74) is 0. The van der Waals surface area contributed by atoms with Gasteiger partial charge in [-0.3, -0.25) is 14.4 Å². The van der Waals surface area contributed by atoms with Crippen molar-refractivity contribution in [1.82, 2.24) is 4.90 Å². The SMILES string of the molecule is CCCCCC(CCCCC)CCOC=O.CCCCCCCCCC(CCCCCCCCCCC(CCCCC)CCCCC)OC(=O)CCCN(C)C.O=CO. The highest BCUT2D eigenvalue weighted by atomic mass is 16.5. The van der Waals surface area contributed by atoms with Gasteiger partial charge in [0.1, 0.15) is 6.10 Å². The molecule has 0 saturated heterocycles. The monoisotopic (exact) mass is 840 g/mol. The molecule has 0 spiro atoms. The molecule has 354 valence electrons. The van der Waals surface area contributed by atoms with Gasteiger partial charge in [-0.15, -0.1) is 0 Å². The zero-order valence-electron chi connectivity index (χ0n) is 40.9. The van der Waals surface area contributed by atoms with Crippen LogP contribution in [-0.4, -0.2) is 62.3 Å². The van der Waals surface area contributed by atoms with Crippen molar-refractivity contribution in [2.45, 2.75) is 278 Å². The maximum Gasteiger partial charge on any atom is 0.306 e. The van der Waals surface area contributed by atoms with E-state index in [9.17, 15) is 9.59 Å². The van der Waals surface area contributed by atoms with Crippen LogP contribution in [0.1, 0.15) is 272 Å². The molecule has 0 saturated carbocycles. The van der Waals surface area contributed by atoms with Crippen molar-refractivity contribution in [3.8, 4) is 0 Å². The van der Waals surface area contributed by atoms with Gasteiger partial charge in [-0.2, -0.15) is 0 Å². The summed E-state index contributed by atoms with van der Waals surface area (Å²) in [7, 11) is 4.13. The fourth-order valence-electron chi connectivity index (χ4n) is 8.12. The van der Waals surface area contributed by atoms with Gasteiger partial charge in [0.2, 0.25) is 0 Å². The number of rotatable bonds is 44. The fourth-order valence-corrected chi connectivity index (χ4v) is 8.12. The smallest absolute Gasteiger partial charge is 0.306 e. The molecule has 1 unspecified atom stereocenters. The first kappa shape index (κ1) is 61.7. The zero-order valence-corrected chi connectivity index (χ0v) is 40.9. The van der Waals surface area contributed by atoms with E-state index in [1.54, 1.807) is 0 Å². The lowest BCUT2D eigenvalue weighted by Gasteiger charge is -2.18. The Hall–Kier alpha value is -1.63. The third-order valence-corrected chi connectivity index (χ3v) is 11.9. The van der Waals surface area contributed by atoms with E-state index in [1.165, 1.54) is 205 Å². The Morgan fingerprint density at radius 2 is 0.780 bits per heavy atom. The number of ether oxygens (including phenoxy) is 2. The van der Waals surface area contributed by atoms with Crippen LogP contribution >= 0.6 is 0 Å². The Labute approximate surface area is 369 Å². The third kappa shape index (κ3) is 54.4. The summed E-state index contributed by atoms with van der Waals surface area (Å²) >= 11 is 0. The van der Waals surface area contributed by atoms with Crippen molar-refractivity contribution in [3.63, 3.8) is 0 Å². The van der Waals surface area contributed by atoms with Gasteiger partial charge in [-0.05, 0) is 71.0 Å². The Bertz CT molecular complexity index is 788. The molecule has 0 aliphatic carbocycles. The molecular weight excluding hydrogens is 735 g/mol.